The highest BCUT2D eigenvalue weighted by molar-refractivity contribution is 5.22. The number of aliphatic hydroxyl groups excluding tert-OH is 2. The maximum Gasteiger partial charge on any atom is 0.187 e. The lowest BCUT2D eigenvalue weighted by atomic mass is 9.83. The van der Waals surface area contributed by atoms with Crippen LogP contribution in [0.15, 0.2) is 303 Å². The Balaban J connectivity index is 0.945. The van der Waals surface area contributed by atoms with Crippen molar-refractivity contribution in [2.45, 2.75) is 164 Å². The maximum absolute atomic E-state index is 14.3. The van der Waals surface area contributed by atoms with Crippen molar-refractivity contribution in [1.29, 1.82) is 0 Å². The van der Waals surface area contributed by atoms with E-state index in [-0.39, 0.29) is 72.7 Å². The second kappa shape index (κ2) is 39.1. The zero-order valence-electron chi connectivity index (χ0n) is 58.2. The van der Waals surface area contributed by atoms with E-state index in [2.05, 4.69) is 0 Å². The summed E-state index contributed by atoms with van der Waals surface area (Å²) in [5.41, 5.74) is 8.88. The molecular weight excluding hydrogens is 1310 g/mol. The fraction of sp³-hybridized carbons (Fsp3) is 0.318. The predicted molar refractivity (Wildman–Crippen MR) is 391 cm³/mol. The molecule has 1 unspecified atom stereocenters. The molecule has 1 aliphatic carbocycles. The van der Waals surface area contributed by atoms with Crippen LogP contribution in [0, 0.1) is 0 Å². The van der Waals surface area contributed by atoms with Crippen LogP contribution in [0.3, 0.4) is 0 Å². The van der Waals surface area contributed by atoms with E-state index >= 15 is 0 Å². The lowest BCUT2D eigenvalue weighted by Gasteiger charge is -2.53. The smallest absolute Gasteiger partial charge is 0.187 e. The molecule has 0 amide bonds. The fourth-order valence-electron chi connectivity index (χ4n) is 13.5. The van der Waals surface area contributed by atoms with Gasteiger partial charge < -0.3 is 76.5 Å². The Morgan fingerprint density at radius 3 is 0.663 bits per heavy atom. The van der Waals surface area contributed by atoms with Crippen molar-refractivity contribution in [2.75, 3.05) is 13.2 Å². The monoisotopic (exact) mass is 1400 g/mol. The van der Waals surface area contributed by atoms with Crippen molar-refractivity contribution < 1.29 is 76.5 Å². The third kappa shape index (κ3) is 20.7. The normalized spacial score (nSPS) is 25.5. The third-order valence-electron chi connectivity index (χ3n) is 18.9. The Bertz CT molecular complexity index is 3980. The molecule has 2 aliphatic heterocycles. The molecule has 10 aromatic rings. The van der Waals surface area contributed by atoms with Crippen LogP contribution in [0.25, 0.3) is 0 Å². The third-order valence-corrected chi connectivity index (χ3v) is 18.9. The van der Waals surface area contributed by atoms with Gasteiger partial charge in [0.25, 0.3) is 0 Å². The van der Waals surface area contributed by atoms with Gasteiger partial charge in [-0.2, -0.15) is 0 Å². The molecule has 2 N–H and O–H groups in total. The molecule has 3 fully saturated rings. The standard InChI is InChI=1S/C88H92O16/c89-51-73-76(92-53-64-33-13-2-14-34-64)80(94-55-66-37-17-4-18-38-66)85(99-60-71-47-27-9-28-48-71)87(101-73)103-78-75(90)79(83(97-58-69-43-23-7-24-44-69)84(98-59-70-45-25-8-26-46-70)82(78)96-57-68-41-21-6-22-42-68)104-88-86(100-61-72-49-29-10-30-50-72)81(95-56-67-39-19-5-20-40-67)77(93-54-65-35-15-3-16-36-65)74(102-88)62-91-52-63-31-11-1-12-32-63/h1-50,73-90H,51-62H2/t73-,74-,75-,76-,77-,78+,79+,80+,81+,82+,83-,84?,85+,86+,87-,88-/m1/s1. The minimum atomic E-state index is -1.68. The zero-order chi connectivity index (χ0) is 70.8. The van der Waals surface area contributed by atoms with Gasteiger partial charge in [-0.1, -0.05) is 303 Å². The van der Waals surface area contributed by atoms with Gasteiger partial charge in [-0.3, -0.25) is 0 Å². The summed E-state index contributed by atoms with van der Waals surface area (Å²) in [4.78, 5) is 0. The second-order valence-corrected chi connectivity index (χ2v) is 26.3. The molecule has 0 aromatic heterocycles. The maximum atomic E-state index is 14.3. The molecule has 0 radical (unpaired) electrons. The van der Waals surface area contributed by atoms with Crippen molar-refractivity contribution in [1.82, 2.24) is 0 Å². The number of benzene rings is 10. The molecule has 0 bridgehead atoms. The first kappa shape index (κ1) is 73.9. The van der Waals surface area contributed by atoms with Gasteiger partial charge in [0.15, 0.2) is 12.6 Å². The average molecular weight is 1410 g/mol. The number of ether oxygens (including phenoxy) is 14. The Kier molecular flexibility index (Phi) is 27.7. The van der Waals surface area contributed by atoms with E-state index in [1.54, 1.807) is 0 Å². The minimum Gasteiger partial charge on any atom is -0.394 e. The molecule has 16 nitrogen and oxygen atoms in total. The van der Waals surface area contributed by atoms with Crippen molar-refractivity contribution >= 4 is 0 Å². The fourth-order valence-corrected chi connectivity index (χ4v) is 13.5. The molecule has 2 saturated heterocycles. The van der Waals surface area contributed by atoms with Gasteiger partial charge in [0, 0.05) is 0 Å². The number of aliphatic hydroxyl groups is 2. The summed E-state index contributed by atoms with van der Waals surface area (Å²) in [5, 5.41) is 26.0. The number of hydrogen-bond acceptors (Lipinski definition) is 16. The molecule has 1 saturated carbocycles. The van der Waals surface area contributed by atoms with Crippen molar-refractivity contribution in [2.24, 2.45) is 0 Å². The van der Waals surface area contributed by atoms with Crippen LogP contribution in [0.2, 0.25) is 0 Å². The topological polar surface area (TPSA) is 170 Å². The first-order chi connectivity index (χ1) is 51.5. The quantitative estimate of drug-likeness (QED) is 0.0380. The minimum absolute atomic E-state index is 0.0227. The van der Waals surface area contributed by atoms with E-state index < -0.39 is 105 Å². The largest absolute Gasteiger partial charge is 0.394 e. The van der Waals surface area contributed by atoms with Crippen molar-refractivity contribution in [3.05, 3.63) is 359 Å². The summed E-state index contributed by atoms with van der Waals surface area (Å²) in [5.74, 6) is 0. The SMILES string of the molecule is OC[C@H]1O[C@H](O[C@H]2[C@@H](O)[C@H](O[C@H]3O[C@H](COCc4ccccc4)[C@@H](OCc4ccccc4)[C@H](OCc4ccccc4)[C@@H]3OCc3ccccc3)[C@@H](OCc3ccccc3)C(OCc3ccccc3)[C@H]2OCc2ccccc2)[C@@H](OCc2ccccc2)[C@@H](OCc2ccccc2)[C@@H]1OCc1ccccc1. The summed E-state index contributed by atoms with van der Waals surface area (Å²) in [7, 11) is 0. The van der Waals surface area contributed by atoms with Crippen molar-refractivity contribution in [3.8, 4) is 0 Å². The van der Waals surface area contributed by atoms with E-state index in [9.17, 15) is 10.2 Å². The van der Waals surface area contributed by atoms with Gasteiger partial charge in [-0.15, -0.1) is 0 Å². The Labute approximate surface area is 609 Å². The summed E-state index contributed by atoms with van der Waals surface area (Å²) < 4.78 is 101. The predicted octanol–water partition coefficient (Wildman–Crippen LogP) is 14.1. The summed E-state index contributed by atoms with van der Waals surface area (Å²) >= 11 is 0. The van der Waals surface area contributed by atoms with Gasteiger partial charge >= 0.3 is 0 Å². The highest BCUT2D eigenvalue weighted by atomic mass is 16.8. The van der Waals surface area contributed by atoms with Crippen LogP contribution in [0.5, 0.6) is 0 Å². The summed E-state index contributed by atoms with van der Waals surface area (Å²) in [6.45, 7) is 0.781. The lowest BCUT2D eigenvalue weighted by Crippen LogP contribution is -2.70. The zero-order valence-corrected chi connectivity index (χ0v) is 58.2. The van der Waals surface area contributed by atoms with Crippen LogP contribution in [-0.4, -0.2) is 121 Å². The Morgan fingerprint density at radius 2 is 0.413 bits per heavy atom. The van der Waals surface area contributed by atoms with E-state index in [4.69, 9.17) is 66.3 Å². The molecular formula is C88H92O16. The van der Waals surface area contributed by atoms with Gasteiger partial charge in [-0.05, 0) is 55.6 Å². The van der Waals surface area contributed by atoms with Crippen LogP contribution in [0.4, 0.5) is 0 Å². The first-order valence-electron chi connectivity index (χ1n) is 35.9. The van der Waals surface area contributed by atoms with Crippen LogP contribution >= 0.6 is 0 Å². The van der Waals surface area contributed by atoms with Crippen LogP contribution in [0.1, 0.15) is 55.6 Å². The molecule has 0 spiro atoms. The number of hydrogen-bond donors (Lipinski definition) is 2. The molecule has 3 aliphatic rings. The van der Waals surface area contributed by atoms with E-state index in [0.29, 0.717) is 0 Å². The Morgan fingerprint density at radius 1 is 0.221 bits per heavy atom. The highest BCUT2D eigenvalue weighted by Crippen LogP contribution is 2.41. The number of rotatable bonds is 36. The highest BCUT2D eigenvalue weighted by Gasteiger charge is 2.60. The molecule has 104 heavy (non-hydrogen) atoms. The summed E-state index contributed by atoms with van der Waals surface area (Å²) in [6, 6.07) is 98.6. The Hall–Kier alpha value is -8.44. The molecule has 16 heteroatoms. The molecule has 2 heterocycles. The van der Waals surface area contributed by atoms with E-state index in [0.717, 1.165) is 55.6 Å². The average Bonchev–Trinajstić information content (AvgIpc) is 0.770. The second-order valence-electron chi connectivity index (χ2n) is 26.3. The molecule has 13 rings (SSSR count). The van der Waals surface area contributed by atoms with Crippen LogP contribution in [-0.2, 0) is 132 Å². The first-order valence-corrected chi connectivity index (χ1v) is 35.9. The van der Waals surface area contributed by atoms with Gasteiger partial charge in [-0.25, -0.2) is 0 Å². The van der Waals surface area contributed by atoms with Crippen molar-refractivity contribution in [3.63, 3.8) is 0 Å². The summed E-state index contributed by atoms with van der Waals surface area (Å²) in [6.07, 6.45) is -18.5. The van der Waals surface area contributed by atoms with Gasteiger partial charge in [0.05, 0.1) is 79.3 Å². The van der Waals surface area contributed by atoms with E-state index in [1.165, 1.54) is 0 Å². The molecule has 10 aromatic carbocycles. The molecule has 16 atom stereocenters. The molecule has 540 valence electrons. The van der Waals surface area contributed by atoms with Gasteiger partial charge in [0.1, 0.15) is 85.5 Å². The van der Waals surface area contributed by atoms with E-state index in [1.807, 2.05) is 303 Å². The lowest BCUT2D eigenvalue weighted by molar-refractivity contribution is -0.381. The van der Waals surface area contributed by atoms with Crippen LogP contribution < -0.4 is 0 Å². The van der Waals surface area contributed by atoms with Gasteiger partial charge in [0.2, 0.25) is 0 Å².